The van der Waals surface area contributed by atoms with Crippen LogP contribution < -0.4 is 0 Å². The van der Waals surface area contributed by atoms with Crippen LogP contribution in [0.15, 0.2) is 0 Å². The summed E-state index contributed by atoms with van der Waals surface area (Å²) in [4.78, 5) is 27.9. The van der Waals surface area contributed by atoms with Crippen molar-refractivity contribution in [2.75, 3.05) is 6.61 Å². The van der Waals surface area contributed by atoms with Crippen molar-refractivity contribution in [1.82, 2.24) is 0 Å². The first-order chi connectivity index (χ1) is 17.7. The van der Waals surface area contributed by atoms with E-state index in [4.69, 9.17) is 14.2 Å². The monoisotopic (exact) mass is 512 g/mol. The van der Waals surface area contributed by atoms with E-state index in [1.54, 1.807) is 0 Å². The third-order valence-electron chi connectivity index (χ3n) is 12.9. The zero-order valence-corrected chi connectivity index (χ0v) is 23.5. The van der Waals surface area contributed by atoms with Crippen molar-refractivity contribution in [2.45, 2.75) is 92.0 Å². The summed E-state index contributed by atoms with van der Waals surface area (Å²) in [6.07, 6.45) is 8.14. The Bertz CT molecular complexity index is 900. The number of ether oxygens (including phenoxy) is 3. The van der Waals surface area contributed by atoms with Crippen molar-refractivity contribution in [3.8, 4) is 0 Å². The minimum Gasteiger partial charge on any atom is -0.462 e. The highest BCUT2D eigenvalue weighted by atomic mass is 16.7. The summed E-state index contributed by atoms with van der Waals surface area (Å²) in [7, 11) is 0. The van der Waals surface area contributed by atoms with Gasteiger partial charge in [0.2, 0.25) is 0 Å². The molecular formula is C32H48O5. The van der Waals surface area contributed by atoms with E-state index in [0.717, 1.165) is 24.2 Å². The minimum absolute atomic E-state index is 0.0652. The minimum atomic E-state index is -0.579. The highest BCUT2D eigenvalue weighted by molar-refractivity contribution is 5.84. The van der Waals surface area contributed by atoms with Gasteiger partial charge >= 0.3 is 11.9 Å². The molecule has 37 heavy (non-hydrogen) atoms. The molecule has 0 aromatic carbocycles. The Hall–Kier alpha value is -1.10. The standard InChI is InChI=1S/C32H48O5/c1-14(2)13-35-17(5)36-31(33)28-24-12-25(27-23-11-22(26(24)27)15(3)16(23)4)29(28)32(34)37-30-20-7-18-6-19(9-20)10-21(30)8-18/h14-30H,6-13H2,1-5H3. The maximum Gasteiger partial charge on any atom is 0.312 e. The first kappa shape index (κ1) is 24.9. The molecule has 0 spiro atoms. The predicted molar refractivity (Wildman–Crippen MR) is 139 cm³/mol. The largest absolute Gasteiger partial charge is 0.462 e. The number of esters is 2. The molecule has 0 heterocycles. The molecule has 0 aromatic rings. The van der Waals surface area contributed by atoms with Crippen molar-refractivity contribution < 1.29 is 23.8 Å². The van der Waals surface area contributed by atoms with Crippen LogP contribution in [0, 0.1) is 88.8 Å². The van der Waals surface area contributed by atoms with Gasteiger partial charge in [-0.25, -0.2) is 0 Å². The van der Waals surface area contributed by atoms with E-state index >= 15 is 0 Å². The molecule has 8 saturated carbocycles. The maximum absolute atomic E-state index is 14.1. The topological polar surface area (TPSA) is 61.8 Å². The molecule has 206 valence electrons. The number of hydrogen-bond donors (Lipinski definition) is 0. The Labute approximate surface area is 223 Å². The highest BCUT2D eigenvalue weighted by Crippen LogP contribution is 2.73. The van der Waals surface area contributed by atoms with E-state index in [1.165, 1.54) is 38.5 Å². The summed E-state index contributed by atoms with van der Waals surface area (Å²) in [5, 5.41) is 0. The summed E-state index contributed by atoms with van der Waals surface area (Å²) in [6, 6.07) is 0. The molecule has 8 rings (SSSR count). The van der Waals surface area contributed by atoms with Crippen molar-refractivity contribution >= 4 is 11.9 Å². The third kappa shape index (κ3) is 3.79. The van der Waals surface area contributed by atoms with Gasteiger partial charge < -0.3 is 14.2 Å². The van der Waals surface area contributed by atoms with Crippen LogP contribution in [0.5, 0.6) is 0 Å². The molecule has 8 fully saturated rings. The van der Waals surface area contributed by atoms with Crippen molar-refractivity contribution in [3.63, 3.8) is 0 Å². The zero-order chi connectivity index (χ0) is 25.7. The third-order valence-corrected chi connectivity index (χ3v) is 12.9. The number of hydrogen-bond acceptors (Lipinski definition) is 5. The van der Waals surface area contributed by atoms with E-state index in [2.05, 4.69) is 27.7 Å². The highest BCUT2D eigenvalue weighted by Gasteiger charge is 2.71. The smallest absolute Gasteiger partial charge is 0.312 e. The fourth-order valence-electron chi connectivity index (χ4n) is 11.8. The van der Waals surface area contributed by atoms with E-state index < -0.39 is 6.29 Å². The second-order valence-electron chi connectivity index (χ2n) is 15.1. The SMILES string of the molecule is CC(C)COC(C)OC(=O)C1C2CC(C1C(=O)OC1C3CC4CC(C3)CC1C4)C1C3CC(C(C)C3C)C21. The summed E-state index contributed by atoms with van der Waals surface area (Å²) in [5.41, 5.74) is 0. The Kier molecular flexibility index (Phi) is 6.03. The fraction of sp³-hybridized carbons (Fsp3) is 0.938. The molecule has 0 amide bonds. The Morgan fingerprint density at radius 3 is 1.76 bits per heavy atom. The molecule has 5 heteroatoms. The van der Waals surface area contributed by atoms with Crippen LogP contribution >= 0.6 is 0 Å². The van der Waals surface area contributed by atoms with Crippen LogP contribution in [-0.4, -0.2) is 30.9 Å². The number of carbonyl (C=O) groups excluding carboxylic acids is 2. The molecule has 8 aliphatic carbocycles. The predicted octanol–water partition coefficient (Wildman–Crippen LogP) is 5.95. The van der Waals surface area contributed by atoms with Crippen LogP contribution in [-0.2, 0) is 23.8 Å². The average Bonchev–Trinajstić information content (AvgIpc) is 3.58. The Morgan fingerprint density at radius 2 is 1.22 bits per heavy atom. The van der Waals surface area contributed by atoms with E-state index in [-0.39, 0.29) is 41.7 Å². The first-order valence-corrected chi connectivity index (χ1v) is 15.7. The number of carbonyl (C=O) groups is 2. The molecule has 8 bridgehead atoms. The van der Waals surface area contributed by atoms with Crippen molar-refractivity contribution in [1.29, 1.82) is 0 Å². The van der Waals surface area contributed by atoms with Crippen molar-refractivity contribution in [2.24, 2.45) is 88.8 Å². The van der Waals surface area contributed by atoms with Gasteiger partial charge in [0.25, 0.3) is 0 Å². The Morgan fingerprint density at radius 1 is 0.703 bits per heavy atom. The lowest BCUT2D eigenvalue weighted by Crippen LogP contribution is -2.52. The van der Waals surface area contributed by atoms with Gasteiger partial charge in [0.05, 0.1) is 18.4 Å². The van der Waals surface area contributed by atoms with E-state index in [1.807, 2.05) is 6.92 Å². The fourth-order valence-corrected chi connectivity index (χ4v) is 11.8. The second-order valence-corrected chi connectivity index (χ2v) is 15.1. The van der Waals surface area contributed by atoms with E-state index in [9.17, 15) is 9.59 Å². The summed E-state index contributed by atoms with van der Waals surface area (Å²) >= 11 is 0. The number of fused-ring (bicyclic) bond motifs is 9. The van der Waals surface area contributed by atoms with Crippen LogP contribution in [0.2, 0.25) is 0 Å². The maximum atomic E-state index is 14.1. The summed E-state index contributed by atoms with van der Waals surface area (Å²) in [5.74, 6) is 6.80. The van der Waals surface area contributed by atoms with Gasteiger partial charge in [0.15, 0.2) is 6.29 Å². The van der Waals surface area contributed by atoms with Gasteiger partial charge in [-0.1, -0.05) is 27.7 Å². The van der Waals surface area contributed by atoms with Gasteiger partial charge in [0.1, 0.15) is 6.10 Å². The molecule has 0 radical (unpaired) electrons. The summed E-state index contributed by atoms with van der Waals surface area (Å²) < 4.78 is 18.2. The van der Waals surface area contributed by atoms with Crippen molar-refractivity contribution in [3.05, 3.63) is 0 Å². The first-order valence-electron chi connectivity index (χ1n) is 15.7. The zero-order valence-electron chi connectivity index (χ0n) is 23.5. The normalized spacial score (nSPS) is 53.1. The van der Waals surface area contributed by atoms with Gasteiger partial charge in [-0.05, 0) is 129 Å². The van der Waals surface area contributed by atoms with Crippen LogP contribution in [0.25, 0.3) is 0 Å². The Balaban J connectivity index is 1.13. The second kappa shape index (κ2) is 8.96. The molecule has 5 nitrogen and oxygen atoms in total. The lowest BCUT2D eigenvalue weighted by atomic mass is 9.55. The molecular weight excluding hydrogens is 464 g/mol. The van der Waals surface area contributed by atoms with Gasteiger partial charge in [0, 0.05) is 0 Å². The van der Waals surface area contributed by atoms with Gasteiger partial charge in [-0.2, -0.15) is 0 Å². The number of rotatable bonds is 7. The average molecular weight is 513 g/mol. The molecule has 0 aromatic heterocycles. The van der Waals surface area contributed by atoms with Crippen LogP contribution in [0.1, 0.15) is 79.6 Å². The quantitative estimate of drug-likeness (QED) is 0.240. The van der Waals surface area contributed by atoms with Gasteiger partial charge in [-0.15, -0.1) is 0 Å². The molecule has 11 unspecified atom stereocenters. The molecule has 0 N–H and O–H groups in total. The lowest BCUT2D eigenvalue weighted by Gasteiger charge is -2.54. The van der Waals surface area contributed by atoms with Gasteiger partial charge in [-0.3, -0.25) is 9.59 Å². The molecule has 8 aliphatic rings. The lowest BCUT2D eigenvalue weighted by molar-refractivity contribution is -0.196. The molecule has 0 saturated heterocycles. The van der Waals surface area contributed by atoms with Crippen LogP contribution in [0.3, 0.4) is 0 Å². The molecule has 11 atom stereocenters. The molecule has 0 aliphatic heterocycles. The summed E-state index contributed by atoms with van der Waals surface area (Å²) in [6.45, 7) is 11.4. The van der Waals surface area contributed by atoms with Crippen LogP contribution in [0.4, 0.5) is 0 Å². The van der Waals surface area contributed by atoms with E-state index in [0.29, 0.717) is 54.0 Å².